The second-order valence-electron chi connectivity index (χ2n) is 6.23. The molecule has 0 radical (unpaired) electrons. The molecule has 0 atom stereocenters. The van der Waals surface area contributed by atoms with Gasteiger partial charge < -0.3 is 4.74 Å². The molecule has 1 aliphatic rings. The molecule has 0 aromatic heterocycles. The molecule has 0 unspecified atom stereocenters. The zero-order valence-electron chi connectivity index (χ0n) is 15.2. The molecule has 2 aromatic rings. The summed E-state index contributed by atoms with van der Waals surface area (Å²) >= 11 is 1.13. The van der Waals surface area contributed by atoms with Crippen LogP contribution in [0.15, 0.2) is 64.4 Å². The highest BCUT2D eigenvalue weighted by molar-refractivity contribution is 8.12. The van der Waals surface area contributed by atoms with Gasteiger partial charge in [0.1, 0.15) is 0 Å². The fraction of sp³-hybridized carbons (Fsp3) is 0.136. The number of thioether (sulfide) groups is 1. The van der Waals surface area contributed by atoms with Crippen molar-refractivity contribution in [1.82, 2.24) is 0 Å². The topological polar surface area (TPSA) is 60.4 Å². The Morgan fingerprint density at radius 3 is 1.89 bits per heavy atom. The highest BCUT2D eigenvalue weighted by Crippen LogP contribution is 2.45. The first-order valence-electron chi connectivity index (χ1n) is 8.35. The second-order valence-corrected chi connectivity index (χ2v) is 7.28. The van der Waals surface area contributed by atoms with Crippen LogP contribution in [-0.4, -0.2) is 24.6 Å². The third-order valence-corrected chi connectivity index (χ3v) is 5.32. The van der Waals surface area contributed by atoms with Crippen LogP contribution in [0.5, 0.6) is 0 Å². The van der Waals surface area contributed by atoms with Gasteiger partial charge in [-0.2, -0.15) is 0 Å². The van der Waals surface area contributed by atoms with Gasteiger partial charge in [0.05, 0.1) is 16.9 Å². The molecule has 0 saturated carbocycles. The lowest BCUT2D eigenvalue weighted by atomic mass is 9.94. The second kappa shape index (κ2) is 7.76. The van der Waals surface area contributed by atoms with Gasteiger partial charge in [-0.3, -0.25) is 9.59 Å². The van der Waals surface area contributed by atoms with Crippen LogP contribution >= 0.6 is 11.8 Å². The summed E-state index contributed by atoms with van der Waals surface area (Å²) in [6.45, 7) is 3.90. The lowest BCUT2D eigenvalue weighted by Crippen LogP contribution is -2.19. The van der Waals surface area contributed by atoms with Gasteiger partial charge in [-0.05, 0) is 19.4 Å². The first-order chi connectivity index (χ1) is 12.9. The standard InChI is InChI=1S/C22H18O4S/c1-13-4-8-15(9-5-13)19(20(24)16-10-6-14(2)7-11-16)22-21(25)17(27-22)12-18(23)26-3/h4-12H,1-3H3/b17-12-,22-19+. The van der Waals surface area contributed by atoms with Crippen molar-refractivity contribution < 1.29 is 19.1 Å². The predicted molar refractivity (Wildman–Crippen MR) is 106 cm³/mol. The van der Waals surface area contributed by atoms with Crippen LogP contribution in [0.25, 0.3) is 5.57 Å². The molecule has 0 amide bonds. The van der Waals surface area contributed by atoms with E-state index in [0.717, 1.165) is 29.0 Å². The third-order valence-electron chi connectivity index (χ3n) is 4.20. The van der Waals surface area contributed by atoms with Crippen molar-refractivity contribution in [2.45, 2.75) is 13.8 Å². The summed E-state index contributed by atoms with van der Waals surface area (Å²) in [5.41, 5.74) is 3.66. The lowest BCUT2D eigenvalue weighted by molar-refractivity contribution is -0.135. The number of carbonyl (C=O) groups is 3. The molecule has 2 aromatic carbocycles. The summed E-state index contributed by atoms with van der Waals surface area (Å²) in [6.07, 6.45) is 1.15. The Balaban J connectivity index is 2.06. The van der Waals surface area contributed by atoms with Crippen molar-refractivity contribution in [3.8, 4) is 0 Å². The van der Waals surface area contributed by atoms with E-state index in [2.05, 4.69) is 4.74 Å². The third kappa shape index (κ3) is 3.93. The molecule has 0 bridgehead atoms. The minimum Gasteiger partial charge on any atom is -0.466 e. The minimum atomic E-state index is -0.591. The number of hydrogen-bond donors (Lipinski definition) is 0. The molecule has 4 nitrogen and oxygen atoms in total. The van der Waals surface area contributed by atoms with E-state index in [9.17, 15) is 14.4 Å². The Hall–Kier alpha value is -2.92. The Kier molecular flexibility index (Phi) is 5.42. The van der Waals surface area contributed by atoms with Crippen molar-refractivity contribution in [1.29, 1.82) is 0 Å². The Morgan fingerprint density at radius 1 is 0.889 bits per heavy atom. The smallest absolute Gasteiger partial charge is 0.331 e. The van der Waals surface area contributed by atoms with Gasteiger partial charge >= 0.3 is 5.97 Å². The van der Waals surface area contributed by atoms with Gasteiger partial charge in [-0.15, -0.1) is 0 Å². The number of hydrogen-bond acceptors (Lipinski definition) is 5. The Labute approximate surface area is 161 Å². The summed E-state index contributed by atoms with van der Waals surface area (Å²) in [5, 5.41) is 0. The predicted octanol–water partition coefficient (Wildman–Crippen LogP) is 4.27. The molecule has 1 fully saturated rings. The molecule has 27 heavy (non-hydrogen) atoms. The van der Waals surface area contributed by atoms with Crippen LogP contribution < -0.4 is 0 Å². The summed E-state index contributed by atoms with van der Waals surface area (Å²) in [6, 6.07) is 14.7. The average Bonchev–Trinajstić information content (AvgIpc) is 2.68. The largest absolute Gasteiger partial charge is 0.466 e. The van der Waals surface area contributed by atoms with Gasteiger partial charge in [0.15, 0.2) is 5.78 Å². The van der Waals surface area contributed by atoms with E-state index >= 15 is 0 Å². The highest BCUT2D eigenvalue weighted by atomic mass is 32.2. The number of ether oxygens (including phenoxy) is 1. The zero-order valence-corrected chi connectivity index (χ0v) is 16.1. The van der Waals surface area contributed by atoms with Gasteiger partial charge in [0.25, 0.3) is 0 Å². The summed E-state index contributed by atoms with van der Waals surface area (Å²) in [4.78, 5) is 37.8. The van der Waals surface area contributed by atoms with Crippen molar-refractivity contribution in [3.05, 3.63) is 86.7 Å². The maximum absolute atomic E-state index is 13.2. The van der Waals surface area contributed by atoms with Crippen LogP contribution in [0.2, 0.25) is 0 Å². The number of carbonyl (C=O) groups excluding carboxylic acids is 3. The number of rotatable bonds is 4. The maximum atomic E-state index is 13.2. The first kappa shape index (κ1) is 18.9. The molecule has 0 spiro atoms. The number of benzene rings is 2. The first-order valence-corrected chi connectivity index (χ1v) is 9.17. The molecule has 3 rings (SSSR count). The van der Waals surface area contributed by atoms with E-state index in [1.807, 2.05) is 50.2 Å². The van der Waals surface area contributed by atoms with Crippen molar-refractivity contribution in [2.75, 3.05) is 7.11 Å². The molecule has 1 saturated heterocycles. The van der Waals surface area contributed by atoms with Crippen molar-refractivity contribution in [3.63, 3.8) is 0 Å². The summed E-state index contributed by atoms with van der Waals surface area (Å²) in [5.74, 6) is -1.13. The van der Waals surface area contributed by atoms with E-state index in [4.69, 9.17) is 0 Å². The van der Waals surface area contributed by atoms with E-state index in [1.54, 1.807) is 12.1 Å². The van der Waals surface area contributed by atoms with Crippen LogP contribution in [0.3, 0.4) is 0 Å². The fourth-order valence-electron chi connectivity index (χ4n) is 2.63. The molecule has 5 heteroatoms. The fourth-order valence-corrected chi connectivity index (χ4v) is 3.56. The Bertz CT molecular complexity index is 980. The monoisotopic (exact) mass is 378 g/mol. The van der Waals surface area contributed by atoms with Gasteiger partial charge in [-0.1, -0.05) is 71.4 Å². The molecule has 0 aliphatic carbocycles. The van der Waals surface area contributed by atoms with Crippen LogP contribution in [0, 0.1) is 13.8 Å². The van der Waals surface area contributed by atoms with Crippen molar-refractivity contribution in [2.24, 2.45) is 0 Å². The zero-order chi connectivity index (χ0) is 19.6. The molecular weight excluding hydrogens is 360 g/mol. The average molecular weight is 378 g/mol. The van der Waals surface area contributed by atoms with Gasteiger partial charge in [-0.25, -0.2) is 4.79 Å². The molecule has 0 N–H and O–H groups in total. The lowest BCUT2D eigenvalue weighted by Gasteiger charge is -2.22. The minimum absolute atomic E-state index is 0.216. The van der Waals surface area contributed by atoms with Crippen LogP contribution in [-0.2, 0) is 14.3 Å². The van der Waals surface area contributed by atoms with Crippen LogP contribution in [0.1, 0.15) is 27.0 Å². The Morgan fingerprint density at radius 2 is 1.41 bits per heavy atom. The molecule has 136 valence electrons. The quantitative estimate of drug-likeness (QED) is 0.452. The number of Topliss-reactive ketones (excluding diaryl/α,β-unsaturated/α-hetero) is 2. The molecular formula is C22H18O4S. The van der Waals surface area contributed by atoms with E-state index in [0.29, 0.717) is 21.6 Å². The highest BCUT2D eigenvalue weighted by Gasteiger charge is 2.35. The molecule has 1 aliphatic heterocycles. The van der Waals surface area contributed by atoms with E-state index in [-0.39, 0.29) is 16.5 Å². The van der Waals surface area contributed by atoms with Crippen LogP contribution in [0.4, 0.5) is 0 Å². The summed E-state index contributed by atoms with van der Waals surface area (Å²) in [7, 11) is 1.25. The number of esters is 1. The number of methoxy groups -OCH3 is 1. The summed E-state index contributed by atoms with van der Waals surface area (Å²) < 4.78 is 4.56. The maximum Gasteiger partial charge on any atom is 0.331 e. The van der Waals surface area contributed by atoms with Gasteiger partial charge in [0.2, 0.25) is 5.78 Å². The normalized spacial score (nSPS) is 16.7. The van der Waals surface area contributed by atoms with Crippen molar-refractivity contribution >= 4 is 34.9 Å². The number of allylic oxidation sites excluding steroid dienone is 3. The van der Waals surface area contributed by atoms with E-state index < -0.39 is 5.97 Å². The number of ketones is 2. The number of aryl methyl sites for hydroxylation is 2. The van der Waals surface area contributed by atoms with E-state index in [1.165, 1.54) is 7.11 Å². The SMILES string of the molecule is COC(=O)/C=C1\S/C(=C(/C(=O)c2ccc(C)cc2)c2ccc(C)cc2)C1=O. The molecule has 1 heterocycles. The van der Waals surface area contributed by atoms with Gasteiger partial charge in [0, 0.05) is 17.2 Å².